The molecule has 0 spiro atoms. The summed E-state index contributed by atoms with van der Waals surface area (Å²) in [6, 6.07) is 15.9. The van der Waals surface area contributed by atoms with Gasteiger partial charge < -0.3 is 9.15 Å². The molecule has 1 aromatic heterocycles. The lowest BCUT2D eigenvalue weighted by Crippen LogP contribution is -2.16. The lowest BCUT2D eigenvalue weighted by molar-refractivity contribution is 0.0926. The Hall–Kier alpha value is -2.76. The first-order chi connectivity index (χ1) is 13.0. The summed E-state index contributed by atoms with van der Waals surface area (Å²) in [6.07, 6.45) is 1.51. The maximum absolute atomic E-state index is 11.9. The normalized spacial score (nSPS) is 10.9. The topological polar surface area (TPSA) is 63.8 Å². The van der Waals surface area contributed by atoms with Crippen LogP contribution in [0.2, 0.25) is 10.0 Å². The lowest BCUT2D eigenvalue weighted by Gasteiger charge is -2.10. The van der Waals surface area contributed by atoms with Gasteiger partial charge >= 0.3 is 5.91 Å². The Labute approximate surface area is 166 Å². The first-order valence-electron chi connectivity index (χ1n) is 8.08. The number of carbonyl (C=O) groups excluding carboxylic acids is 1. The van der Waals surface area contributed by atoms with Crippen LogP contribution in [0, 0.1) is 6.92 Å². The van der Waals surface area contributed by atoms with Crippen molar-refractivity contribution in [2.24, 2.45) is 5.10 Å². The highest BCUT2D eigenvalue weighted by molar-refractivity contribution is 6.35. The smallest absolute Gasteiger partial charge is 0.307 e. The van der Waals surface area contributed by atoms with E-state index in [1.165, 1.54) is 6.21 Å². The number of hydrogen-bond acceptors (Lipinski definition) is 4. The predicted octanol–water partition coefficient (Wildman–Crippen LogP) is 5.24. The van der Waals surface area contributed by atoms with Gasteiger partial charge in [-0.2, -0.15) is 5.10 Å². The van der Waals surface area contributed by atoms with Crippen LogP contribution in [0.5, 0.6) is 5.75 Å². The van der Waals surface area contributed by atoms with Crippen molar-refractivity contribution in [1.82, 2.24) is 5.43 Å². The van der Waals surface area contributed by atoms with Crippen molar-refractivity contribution in [3.8, 4) is 5.75 Å². The first kappa shape index (κ1) is 19.0. The van der Waals surface area contributed by atoms with E-state index in [4.69, 9.17) is 32.4 Å². The molecule has 27 heavy (non-hydrogen) atoms. The molecule has 5 nitrogen and oxygen atoms in total. The fourth-order valence-corrected chi connectivity index (χ4v) is 2.75. The van der Waals surface area contributed by atoms with Crippen LogP contribution in [0.25, 0.3) is 0 Å². The second-order valence-electron chi connectivity index (χ2n) is 5.67. The highest BCUT2D eigenvalue weighted by Crippen LogP contribution is 2.23. The Morgan fingerprint density at radius 1 is 1.19 bits per heavy atom. The van der Waals surface area contributed by atoms with E-state index in [1.807, 2.05) is 30.3 Å². The summed E-state index contributed by atoms with van der Waals surface area (Å²) >= 11 is 12.1. The molecule has 138 valence electrons. The zero-order valence-electron chi connectivity index (χ0n) is 14.4. The van der Waals surface area contributed by atoms with Crippen molar-refractivity contribution in [2.45, 2.75) is 13.5 Å². The summed E-state index contributed by atoms with van der Waals surface area (Å²) in [4.78, 5) is 11.9. The SMILES string of the molecule is Cc1ccc(C(=O)N/N=C/c2ccccc2OCc2ccc(Cl)cc2Cl)o1. The second kappa shape index (κ2) is 8.75. The summed E-state index contributed by atoms with van der Waals surface area (Å²) < 4.78 is 11.1. The summed E-state index contributed by atoms with van der Waals surface area (Å²) in [5.74, 6) is 1.04. The van der Waals surface area contributed by atoms with Crippen LogP contribution < -0.4 is 10.2 Å². The quantitative estimate of drug-likeness (QED) is 0.452. The van der Waals surface area contributed by atoms with Crippen molar-refractivity contribution in [2.75, 3.05) is 0 Å². The van der Waals surface area contributed by atoms with E-state index in [-0.39, 0.29) is 12.4 Å². The molecule has 7 heteroatoms. The van der Waals surface area contributed by atoms with Crippen molar-refractivity contribution in [3.63, 3.8) is 0 Å². The van der Waals surface area contributed by atoms with E-state index in [0.29, 0.717) is 27.1 Å². The van der Waals surface area contributed by atoms with E-state index >= 15 is 0 Å². The molecule has 0 bridgehead atoms. The number of furan rings is 1. The van der Waals surface area contributed by atoms with Gasteiger partial charge in [0.25, 0.3) is 0 Å². The maximum Gasteiger partial charge on any atom is 0.307 e. The molecule has 0 unspecified atom stereocenters. The van der Waals surface area contributed by atoms with Gasteiger partial charge in [0.1, 0.15) is 18.1 Å². The molecule has 0 atom stereocenters. The van der Waals surface area contributed by atoms with Crippen molar-refractivity contribution in [3.05, 3.63) is 87.3 Å². The number of benzene rings is 2. The van der Waals surface area contributed by atoms with Crippen LogP contribution in [-0.2, 0) is 6.61 Å². The molecule has 3 rings (SSSR count). The third-order valence-electron chi connectivity index (χ3n) is 3.65. The third-order valence-corrected chi connectivity index (χ3v) is 4.24. The van der Waals surface area contributed by atoms with E-state index in [1.54, 1.807) is 31.2 Å². The number of nitrogens with zero attached hydrogens (tertiary/aromatic N) is 1. The van der Waals surface area contributed by atoms with Gasteiger partial charge in [-0.1, -0.05) is 41.4 Å². The summed E-state index contributed by atoms with van der Waals surface area (Å²) in [5, 5.41) is 5.07. The Kier molecular flexibility index (Phi) is 6.16. The van der Waals surface area contributed by atoms with Gasteiger partial charge in [0.05, 0.1) is 6.21 Å². The van der Waals surface area contributed by atoms with E-state index < -0.39 is 5.91 Å². The molecule has 0 aliphatic heterocycles. The van der Waals surface area contributed by atoms with E-state index in [0.717, 1.165) is 5.56 Å². The van der Waals surface area contributed by atoms with Gasteiger partial charge in [-0.25, -0.2) is 5.43 Å². The molecule has 2 aromatic carbocycles. The molecule has 0 aliphatic carbocycles. The molecule has 0 aliphatic rings. The minimum Gasteiger partial charge on any atom is -0.488 e. The fourth-order valence-electron chi connectivity index (χ4n) is 2.28. The average Bonchev–Trinajstić information content (AvgIpc) is 3.08. The number of hydrogen-bond donors (Lipinski definition) is 1. The van der Waals surface area contributed by atoms with Crippen LogP contribution in [0.3, 0.4) is 0 Å². The van der Waals surface area contributed by atoms with Crippen LogP contribution in [0.4, 0.5) is 0 Å². The molecular weight excluding hydrogens is 387 g/mol. The first-order valence-corrected chi connectivity index (χ1v) is 8.84. The highest BCUT2D eigenvalue weighted by Gasteiger charge is 2.09. The minimum atomic E-state index is -0.425. The zero-order chi connectivity index (χ0) is 19.2. The van der Waals surface area contributed by atoms with Gasteiger partial charge in [-0.15, -0.1) is 0 Å². The van der Waals surface area contributed by atoms with Crippen LogP contribution in [-0.4, -0.2) is 12.1 Å². The number of amides is 1. The fraction of sp³-hybridized carbons (Fsp3) is 0.100. The third kappa shape index (κ3) is 5.12. The van der Waals surface area contributed by atoms with Crippen molar-refractivity contribution in [1.29, 1.82) is 0 Å². The Bertz CT molecular complexity index is 983. The molecular formula is C20H16Cl2N2O3. The number of ether oxygens (including phenoxy) is 1. The van der Waals surface area contributed by atoms with Gasteiger partial charge in [-0.3, -0.25) is 4.79 Å². The number of para-hydroxylation sites is 1. The Morgan fingerprint density at radius 2 is 2.00 bits per heavy atom. The zero-order valence-corrected chi connectivity index (χ0v) is 15.9. The highest BCUT2D eigenvalue weighted by atomic mass is 35.5. The predicted molar refractivity (Wildman–Crippen MR) is 106 cm³/mol. The van der Waals surface area contributed by atoms with Gasteiger partial charge in [0.2, 0.25) is 0 Å². The van der Waals surface area contributed by atoms with Gasteiger partial charge in [0, 0.05) is 21.2 Å². The number of aryl methyl sites for hydroxylation is 1. The van der Waals surface area contributed by atoms with Crippen molar-refractivity contribution >= 4 is 35.3 Å². The monoisotopic (exact) mass is 402 g/mol. The van der Waals surface area contributed by atoms with Crippen LogP contribution >= 0.6 is 23.2 Å². The molecule has 1 N–H and O–H groups in total. The minimum absolute atomic E-state index is 0.201. The summed E-state index contributed by atoms with van der Waals surface area (Å²) in [7, 11) is 0. The Morgan fingerprint density at radius 3 is 2.74 bits per heavy atom. The number of rotatable bonds is 6. The Balaban J connectivity index is 1.65. The molecule has 3 aromatic rings. The van der Waals surface area contributed by atoms with Gasteiger partial charge in [-0.05, 0) is 43.3 Å². The summed E-state index contributed by atoms with van der Waals surface area (Å²) in [5.41, 5.74) is 3.94. The lowest BCUT2D eigenvalue weighted by atomic mass is 10.2. The second-order valence-corrected chi connectivity index (χ2v) is 6.52. The molecule has 0 radical (unpaired) electrons. The molecule has 0 fully saturated rings. The van der Waals surface area contributed by atoms with Crippen molar-refractivity contribution < 1.29 is 13.9 Å². The number of nitrogens with one attached hydrogen (secondary N) is 1. The average molecular weight is 403 g/mol. The molecule has 0 saturated carbocycles. The molecule has 1 heterocycles. The van der Waals surface area contributed by atoms with Crippen LogP contribution in [0.1, 0.15) is 27.4 Å². The van der Waals surface area contributed by atoms with Gasteiger partial charge in [0.15, 0.2) is 5.76 Å². The largest absolute Gasteiger partial charge is 0.488 e. The van der Waals surface area contributed by atoms with Crippen LogP contribution in [0.15, 0.2) is 64.1 Å². The van der Waals surface area contributed by atoms with E-state index in [9.17, 15) is 4.79 Å². The number of halogens is 2. The maximum atomic E-state index is 11.9. The molecule has 1 amide bonds. The number of carbonyl (C=O) groups is 1. The molecule has 0 saturated heterocycles. The number of hydrazone groups is 1. The standard InChI is InChI=1S/C20H16Cl2N2O3/c1-13-6-9-19(27-13)20(25)24-23-11-14-4-2-3-5-18(14)26-12-15-7-8-16(21)10-17(15)22/h2-11H,12H2,1H3,(H,24,25)/b23-11+. The summed E-state index contributed by atoms with van der Waals surface area (Å²) in [6.45, 7) is 2.04. The van der Waals surface area contributed by atoms with E-state index in [2.05, 4.69) is 10.5 Å².